The second-order valence-electron chi connectivity index (χ2n) is 9.40. The maximum atomic E-state index is 12.6. The lowest BCUT2D eigenvalue weighted by atomic mass is 9.93. The third-order valence-corrected chi connectivity index (χ3v) is 7.43. The number of amides is 1. The number of nitrogens with one attached hydrogen (secondary N) is 1. The lowest BCUT2D eigenvalue weighted by Crippen LogP contribution is -2.38. The molecule has 1 N–H and O–H groups in total. The summed E-state index contributed by atoms with van der Waals surface area (Å²) in [5.41, 5.74) is 4.71. The van der Waals surface area contributed by atoms with Crippen LogP contribution in [0.25, 0.3) is 17.0 Å². The molecule has 11 heteroatoms. The topological polar surface area (TPSA) is 111 Å². The summed E-state index contributed by atoms with van der Waals surface area (Å²) in [7, 11) is 0. The molecule has 5 aromatic rings. The summed E-state index contributed by atoms with van der Waals surface area (Å²) >= 11 is 3.58. The molecule has 1 saturated heterocycles. The van der Waals surface area contributed by atoms with Crippen molar-refractivity contribution in [2.24, 2.45) is 0 Å². The Labute approximate surface area is 233 Å². The van der Waals surface area contributed by atoms with Gasteiger partial charge in [0.05, 0.1) is 10.7 Å². The van der Waals surface area contributed by atoms with E-state index in [0.717, 1.165) is 51.2 Å². The summed E-state index contributed by atoms with van der Waals surface area (Å²) in [4.78, 5) is 23.4. The summed E-state index contributed by atoms with van der Waals surface area (Å²) in [6.45, 7) is 2.14. The van der Waals surface area contributed by atoms with Crippen LogP contribution in [-0.4, -0.2) is 48.8 Å². The number of hydrogen-bond donors (Lipinski definition) is 1. The number of rotatable bonds is 7. The van der Waals surface area contributed by atoms with Crippen LogP contribution in [0.4, 0.5) is 10.6 Å². The fraction of sp³-hybridized carbons (Fsp3) is 0.250. The zero-order valence-corrected chi connectivity index (χ0v) is 22.6. The second-order valence-corrected chi connectivity index (χ2v) is 10.3. The van der Waals surface area contributed by atoms with Crippen molar-refractivity contribution >= 4 is 33.5 Å². The number of likely N-dealkylation sites (tertiary alicyclic amines) is 1. The molecule has 39 heavy (non-hydrogen) atoms. The maximum absolute atomic E-state index is 12.6. The number of carbonyl (C=O) groups is 1. The predicted molar refractivity (Wildman–Crippen MR) is 148 cm³/mol. The molecule has 2 aromatic carbocycles. The zero-order valence-electron chi connectivity index (χ0n) is 21.0. The van der Waals surface area contributed by atoms with E-state index >= 15 is 0 Å². The molecule has 10 nitrogen and oxygen atoms in total. The number of piperidine rings is 1. The largest absolute Gasteiger partial charge is 0.445 e. The van der Waals surface area contributed by atoms with Crippen LogP contribution < -0.4 is 5.32 Å². The number of ether oxygens (including phenoxy) is 1. The Morgan fingerprint density at radius 3 is 2.62 bits per heavy atom. The van der Waals surface area contributed by atoms with Crippen molar-refractivity contribution in [3.63, 3.8) is 0 Å². The average molecular weight is 588 g/mol. The third kappa shape index (κ3) is 5.63. The number of halogens is 1. The highest BCUT2D eigenvalue weighted by Crippen LogP contribution is 2.31. The summed E-state index contributed by atoms with van der Waals surface area (Å²) < 4.78 is 13.0. The van der Waals surface area contributed by atoms with Crippen LogP contribution >= 0.6 is 15.9 Å². The average Bonchev–Trinajstić information content (AvgIpc) is 3.66. The first-order valence-electron chi connectivity index (χ1n) is 12.7. The van der Waals surface area contributed by atoms with Crippen molar-refractivity contribution < 1.29 is 14.1 Å². The Hall–Kier alpha value is -4.25. The molecule has 0 saturated carbocycles. The standard InChI is InChI=1S/C28H26BrN7O3/c29-23-16-32-36-25(30-15-19-6-8-22(9-7-19)26-31-18-39-34-26)14-24(33-27(23)36)21-10-12-35(13-11-21)28(37)38-17-20-4-2-1-3-5-20/h1-9,14,16,18,21,30H,10-13,15,17H2. The van der Waals surface area contributed by atoms with E-state index in [4.69, 9.17) is 14.2 Å². The lowest BCUT2D eigenvalue weighted by molar-refractivity contribution is 0.0868. The van der Waals surface area contributed by atoms with E-state index < -0.39 is 0 Å². The van der Waals surface area contributed by atoms with Gasteiger partial charge in [0.15, 0.2) is 5.65 Å². The molecule has 1 aliphatic heterocycles. The summed E-state index contributed by atoms with van der Waals surface area (Å²) in [6, 6.07) is 19.8. The third-order valence-electron chi connectivity index (χ3n) is 6.87. The number of benzene rings is 2. The molecule has 0 unspecified atom stereocenters. The number of hydrogen-bond acceptors (Lipinski definition) is 8. The number of aromatic nitrogens is 5. The monoisotopic (exact) mass is 587 g/mol. The van der Waals surface area contributed by atoms with Crippen LogP contribution in [0.1, 0.15) is 35.6 Å². The van der Waals surface area contributed by atoms with E-state index in [-0.39, 0.29) is 18.6 Å². The number of anilines is 1. The zero-order chi connectivity index (χ0) is 26.6. The minimum atomic E-state index is -0.271. The first kappa shape index (κ1) is 25.1. The molecule has 0 radical (unpaired) electrons. The lowest BCUT2D eigenvalue weighted by Gasteiger charge is -2.31. The van der Waals surface area contributed by atoms with Gasteiger partial charge < -0.3 is 19.5 Å². The molecular weight excluding hydrogens is 562 g/mol. The van der Waals surface area contributed by atoms with Crippen molar-refractivity contribution in [2.45, 2.75) is 31.9 Å². The molecule has 0 spiro atoms. The first-order valence-corrected chi connectivity index (χ1v) is 13.5. The first-order chi connectivity index (χ1) is 19.1. The van der Waals surface area contributed by atoms with Crippen molar-refractivity contribution in [1.82, 2.24) is 29.6 Å². The Morgan fingerprint density at radius 2 is 1.87 bits per heavy atom. The van der Waals surface area contributed by atoms with Crippen molar-refractivity contribution in [2.75, 3.05) is 18.4 Å². The van der Waals surface area contributed by atoms with Gasteiger partial charge in [-0.1, -0.05) is 59.8 Å². The molecule has 4 heterocycles. The van der Waals surface area contributed by atoms with Gasteiger partial charge in [-0.05, 0) is 39.9 Å². The quantitative estimate of drug-likeness (QED) is 0.259. The molecule has 0 bridgehead atoms. The molecule has 198 valence electrons. The van der Waals surface area contributed by atoms with E-state index in [1.807, 2.05) is 54.6 Å². The van der Waals surface area contributed by atoms with E-state index in [0.29, 0.717) is 25.5 Å². The van der Waals surface area contributed by atoms with E-state index in [1.54, 1.807) is 15.6 Å². The summed E-state index contributed by atoms with van der Waals surface area (Å²) in [5, 5.41) is 11.9. The minimum Gasteiger partial charge on any atom is -0.445 e. The van der Waals surface area contributed by atoms with E-state index in [2.05, 4.69) is 42.6 Å². The van der Waals surface area contributed by atoms with E-state index in [1.165, 1.54) is 6.39 Å². The van der Waals surface area contributed by atoms with Crippen molar-refractivity contribution in [3.8, 4) is 11.4 Å². The van der Waals surface area contributed by atoms with Crippen molar-refractivity contribution in [1.29, 1.82) is 0 Å². The molecular formula is C28H26BrN7O3. The van der Waals surface area contributed by atoms with Gasteiger partial charge in [0, 0.05) is 42.9 Å². The Kier molecular flexibility index (Phi) is 7.22. The molecule has 1 aliphatic rings. The van der Waals surface area contributed by atoms with Crippen LogP contribution in [0, 0.1) is 0 Å². The van der Waals surface area contributed by atoms with Gasteiger partial charge in [-0.25, -0.2) is 9.78 Å². The maximum Gasteiger partial charge on any atom is 0.410 e. The molecule has 1 amide bonds. The van der Waals surface area contributed by atoms with Gasteiger partial charge >= 0.3 is 6.09 Å². The van der Waals surface area contributed by atoms with Gasteiger partial charge in [-0.3, -0.25) is 0 Å². The van der Waals surface area contributed by atoms with Crippen LogP contribution in [0.2, 0.25) is 0 Å². The normalized spacial score (nSPS) is 14.0. The van der Waals surface area contributed by atoms with Gasteiger partial charge in [0.25, 0.3) is 0 Å². The molecule has 1 fully saturated rings. The number of nitrogens with zero attached hydrogens (tertiary/aromatic N) is 6. The van der Waals surface area contributed by atoms with Crippen molar-refractivity contribution in [3.05, 3.63) is 94.5 Å². The molecule has 0 aliphatic carbocycles. The summed E-state index contributed by atoms with van der Waals surface area (Å²) in [6.07, 6.45) is 4.42. The second kappa shape index (κ2) is 11.2. The smallest absolute Gasteiger partial charge is 0.410 e. The van der Waals surface area contributed by atoms with Crippen LogP contribution in [0.15, 0.2) is 82.2 Å². The highest BCUT2D eigenvalue weighted by molar-refractivity contribution is 9.10. The van der Waals surface area contributed by atoms with Crippen LogP contribution in [0.5, 0.6) is 0 Å². The molecule has 6 rings (SSSR count). The van der Waals surface area contributed by atoms with Gasteiger partial charge in [0.1, 0.15) is 12.4 Å². The van der Waals surface area contributed by atoms with Gasteiger partial charge in [-0.2, -0.15) is 14.6 Å². The number of carbonyl (C=O) groups excluding carboxylic acids is 1. The molecule has 3 aromatic heterocycles. The van der Waals surface area contributed by atoms with Crippen LogP contribution in [-0.2, 0) is 17.9 Å². The fourth-order valence-electron chi connectivity index (χ4n) is 4.72. The Morgan fingerprint density at radius 1 is 1.08 bits per heavy atom. The van der Waals surface area contributed by atoms with Gasteiger partial charge in [-0.15, -0.1) is 0 Å². The summed E-state index contributed by atoms with van der Waals surface area (Å²) in [5.74, 6) is 1.64. The highest BCUT2D eigenvalue weighted by atomic mass is 79.9. The van der Waals surface area contributed by atoms with Crippen LogP contribution in [0.3, 0.4) is 0 Å². The van der Waals surface area contributed by atoms with E-state index in [9.17, 15) is 4.79 Å². The minimum absolute atomic E-state index is 0.227. The number of fused-ring (bicyclic) bond motifs is 1. The highest BCUT2D eigenvalue weighted by Gasteiger charge is 2.27. The Balaban J connectivity index is 1.11. The SMILES string of the molecule is O=C(OCc1ccccc1)N1CCC(c2cc(NCc3ccc(-c4ncon4)cc3)n3ncc(Br)c3n2)CC1. The fourth-order valence-corrected chi connectivity index (χ4v) is 5.07. The van der Waals surface area contributed by atoms with Gasteiger partial charge in [0.2, 0.25) is 12.2 Å². The predicted octanol–water partition coefficient (Wildman–Crippen LogP) is 5.67. The molecule has 0 atom stereocenters. The Bertz CT molecular complexity index is 1550.